The molecule has 19 heavy (non-hydrogen) atoms. The Bertz CT molecular complexity index is 390. The average molecular weight is 276 g/mol. The van der Waals surface area contributed by atoms with E-state index in [2.05, 4.69) is 53.3 Å². The summed E-state index contributed by atoms with van der Waals surface area (Å²) in [5.74, 6) is 0.854. The van der Waals surface area contributed by atoms with Crippen molar-refractivity contribution in [2.45, 2.75) is 29.4 Å². The molecule has 0 spiro atoms. The van der Waals surface area contributed by atoms with Gasteiger partial charge in [-0.25, -0.2) is 0 Å². The lowest BCUT2D eigenvalue weighted by Crippen LogP contribution is -2.38. The van der Waals surface area contributed by atoms with Crippen molar-refractivity contribution in [3.05, 3.63) is 29.8 Å². The van der Waals surface area contributed by atoms with Crippen LogP contribution in [-0.2, 0) is 6.42 Å². The van der Waals surface area contributed by atoms with Crippen LogP contribution in [0.2, 0.25) is 0 Å². The van der Waals surface area contributed by atoms with E-state index in [1.165, 1.54) is 50.3 Å². The molecule has 1 saturated heterocycles. The summed E-state index contributed by atoms with van der Waals surface area (Å²) in [5, 5.41) is 4.27. The number of benzene rings is 1. The fourth-order valence-corrected chi connectivity index (χ4v) is 4.71. The summed E-state index contributed by atoms with van der Waals surface area (Å²) < 4.78 is 0. The van der Waals surface area contributed by atoms with Crippen molar-refractivity contribution in [3.8, 4) is 0 Å². The molecule has 0 bridgehead atoms. The van der Waals surface area contributed by atoms with E-state index >= 15 is 0 Å². The van der Waals surface area contributed by atoms with Crippen LogP contribution in [0.3, 0.4) is 0 Å². The van der Waals surface area contributed by atoms with Crippen molar-refractivity contribution in [2.75, 3.05) is 33.2 Å². The normalized spacial score (nSPS) is 26.6. The minimum Gasteiger partial charge on any atom is -0.316 e. The first-order valence-corrected chi connectivity index (χ1v) is 8.33. The van der Waals surface area contributed by atoms with Gasteiger partial charge in [-0.15, -0.1) is 11.8 Å². The first kappa shape index (κ1) is 13.5. The first-order chi connectivity index (χ1) is 9.31. The average Bonchev–Trinajstić information content (AvgIpc) is 2.81. The highest BCUT2D eigenvalue weighted by Crippen LogP contribution is 2.36. The Hall–Kier alpha value is -0.510. The van der Waals surface area contributed by atoms with Crippen molar-refractivity contribution in [1.29, 1.82) is 0 Å². The number of hydrogen-bond acceptors (Lipinski definition) is 3. The molecule has 1 aromatic rings. The van der Waals surface area contributed by atoms with Crippen LogP contribution < -0.4 is 5.32 Å². The topological polar surface area (TPSA) is 15.3 Å². The van der Waals surface area contributed by atoms with Gasteiger partial charge in [0.2, 0.25) is 0 Å². The van der Waals surface area contributed by atoms with Crippen LogP contribution in [0.25, 0.3) is 0 Å². The van der Waals surface area contributed by atoms with Gasteiger partial charge in [-0.2, -0.15) is 0 Å². The van der Waals surface area contributed by atoms with Crippen LogP contribution in [-0.4, -0.2) is 43.4 Å². The lowest BCUT2D eigenvalue weighted by atomic mass is 9.99. The number of nitrogens with zero attached hydrogens (tertiary/aromatic N) is 1. The fraction of sp³-hybridized carbons (Fsp3) is 0.625. The number of rotatable bonds is 4. The highest BCUT2D eigenvalue weighted by atomic mass is 32.2. The maximum atomic E-state index is 3.52. The summed E-state index contributed by atoms with van der Waals surface area (Å²) in [5.41, 5.74) is 1.55. The van der Waals surface area contributed by atoms with E-state index in [1.807, 2.05) is 0 Å². The van der Waals surface area contributed by atoms with Crippen LogP contribution >= 0.6 is 11.8 Å². The van der Waals surface area contributed by atoms with Gasteiger partial charge in [0.25, 0.3) is 0 Å². The molecular weight excluding hydrogens is 252 g/mol. The van der Waals surface area contributed by atoms with Crippen molar-refractivity contribution in [2.24, 2.45) is 5.92 Å². The zero-order valence-corrected chi connectivity index (χ0v) is 12.6. The smallest absolute Gasteiger partial charge is 0.0263 e. The van der Waals surface area contributed by atoms with Crippen LogP contribution in [0.5, 0.6) is 0 Å². The molecule has 0 amide bonds. The van der Waals surface area contributed by atoms with Crippen molar-refractivity contribution < 1.29 is 0 Å². The number of piperidine rings is 1. The molecule has 1 N–H and O–H groups in total. The van der Waals surface area contributed by atoms with E-state index in [1.54, 1.807) is 5.56 Å². The second kappa shape index (κ2) is 6.29. The zero-order chi connectivity index (χ0) is 13.1. The molecule has 3 rings (SSSR count). The van der Waals surface area contributed by atoms with Crippen LogP contribution in [0.4, 0.5) is 0 Å². The summed E-state index contributed by atoms with van der Waals surface area (Å²) in [6.07, 6.45) is 3.99. The predicted molar refractivity (Wildman–Crippen MR) is 82.9 cm³/mol. The summed E-state index contributed by atoms with van der Waals surface area (Å²) in [4.78, 5) is 4.04. The van der Waals surface area contributed by atoms with Gasteiger partial charge >= 0.3 is 0 Å². The quantitative estimate of drug-likeness (QED) is 0.910. The standard InChI is InChI=1S/C16H24N2S/c1-18(11-13-5-4-8-17-10-13)12-15-9-14-6-2-3-7-16(14)19-15/h2-3,6-7,13,15,17H,4-5,8-12H2,1H3. The Morgan fingerprint density at radius 3 is 3.00 bits per heavy atom. The van der Waals surface area contributed by atoms with Crippen LogP contribution in [0.1, 0.15) is 18.4 Å². The van der Waals surface area contributed by atoms with Gasteiger partial charge in [0.15, 0.2) is 0 Å². The summed E-state index contributed by atoms with van der Waals surface area (Å²) in [6, 6.07) is 8.88. The van der Waals surface area contributed by atoms with E-state index in [0.29, 0.717) is 0 Å². The number of nitrogens with one attached hydrogen (secondary N) is 1. The summed E-state index contributed by atoms with van der Waals surface area (Å²) in [6.45, 7) is 4.90. The minimum atomic E-state index is 0.749. The Labute approximate surface area is 121 Å². The molecule has 2 heterocycles. The second-order valence-electron chi connectivity index (χ2n) is 5.99. The Morgan fingerprint density at radius 1 is 1.32 bits per heavy atom. The summed E-state index contributed by atoms with van der Waals surface area (Å²) >= 11 is 2.07. The van der Waals surface area contributed by atoms with Gasteiger partial charge in [0.05, 0.1) is 0 Å². The largest absolute Gasteiger partial charge is 0.316 e. The fourth-order valence-electron chi connectivity index (χ4n) is 3.30. The van der Waals surface area contributed by atoms with Crippen molar-refractivity contribution in [1.82, 2.24) is 10.2 Å². The molecule has 1 aromatic carbocycles. The van der Waals surface area contributed by atoms with Gasteiger partial charge in [-0.3, -0.25) is 0 Å². The highest BCUT2D eigenvalue weighted by Gasteiger charge is 2.24. The molecule has 0 radical (unpaired) electrons. The zero-order valence-electron chi connectivity index (χ0n) is 11.8. The third kappa shape index (κ3) is 3.53. The van der Waals surface area contributed by atoms with E-state index in [9.17, 15) is 0 Å². The lowest BCUT2D eigenvalue weighted by Gasteiger charge is -2.28. The Kier molecular flexibility index (Phi) is 4.46. The second-order valence-corrected chi connectivity index (χ2v) is 7.33. The van der Waals surface area contributed by atoms with E-state index < -0.39 is 0 Å². The van der Waals surface area contributed by atoms with Gasteiger partial charge in [0, 0.05) is 23.2 Å². The molecule has 104 valence electrons. The first-order valence-electron chi connectivity index (χ1n) is 7.45. The molecular formula is C16H24N2S. The molecule has 0 aromatic heterocycles. The van der Waals surface area contributed by atoms with E-state index in [0.717, 1.165) is 11.2 Å². The molecule has 0 saturated carbocycles. The van der Waals surface area contributed by atoms with E-state index in [4.69, 9.17) is 0 Å². The predicted octanol–water partition coefficient (Wildman–Crippen LogP) is 2.63. The third-order valence-electron chi connectivity index (χ3n) is 4.20. The van der Waals surface area contributed by atoms with Crippen LogP contribution in [0, 0.1) is 5.92 Å². The Morgan fingerprint density at radius 2 is 2.21 bits per heavy atom. The minimum absolute atomic E-state index is 0.749. The molecule has 2 atom stereocenters. The van der Waals surface area contributed by atoms with Crippen molar-refractivity contribution >= 4 is 11.8 Å². The molecule has 3 heteroatoms. The number of thioether (sulfide) groups is 1. The maximum Gasteiger partial charge on any atom is 0.0263 e. The molecule has 1 fully saturated rings. The highest BCUT2D eigenvalue weighted by molar-refractivity contribution is 8.00. The molecule has 2 nitrogen and oxygen atoms in total. The van der Waals surface area contributed by atoms with Gasteiger partial charge in [0.1, 0.15) is 0 Å². The van der Waals surface area contributed by atoms with E-state index in [-0.39, 0.29) is 0 Å². The number of hydrogen-bond donors (Lipinski definition) is 1. The number of fused-ring (bicyclic) bond motifs is 1. The summed E-state index contributed by atoms with van der Waals surface area (Å²) in [7, 11) is 2.29. The third-order valence-corrected chi connectivity index (χ3v) is 5.50. The maximum absolute atomic E-state index is 3.52. The van der Waals surface area contributed by atoms with Crippen molar-refractivity contribution in [3.63, 3.8) is 0 Å². The molecule has 2 aliphatic rings. The molecule has 2 unspecified atom stereocenters. The van der Waals surface area contributed by atoms with Gasteiger partial charge < -0.3 is 10.2 Å². The lowest BCUT2D eigenvalue weighted by molar-refractivity contribution is 0.244. The molecule has 0 aliphatic carbocycles. The monoisotopic (exact) mass is 276 g/mol. The Balaban J connectivity index is 1.47. The van der Waals surface area contributed by atoms with Crippen LogP contribution in [0.15, 0.2) is 29.2 Å². The van der Waals surface area contributed by atoms with Gasteiger partial charge in [-0.05, 0) is 56.9 Å². The SMILES string of the molecule is CN(CC1CCCNC1)CC1Cc2ccccc2S1. The van der Waals surface area contributed by atoms with Gasteiger partial charge in [-0.1, -0.05) is 18.2 Å². The molecule has 2 aliphatic heterocycles.